The van der Waals surface area contributed by atoms with E-state index in [1.165, 1.54) is 23.5 Å². The number of rotatable bonds is 4. The molecule has 3 rings (SSSR count). The highest BCUT2D eigenvalue weighted by Gasteiger charge is 2.17. The molecule has 1 aliphatic rings. The second-order valence-corrected chi connectivity index (χ2v) is 7.41. The molecule has 1 saturated heterocycles. The molecule has 2 aromatic rings. The molecule has 1 N–H and O–H groups in total. The molecular formula is C15H14Cl3N3O2S. The lowest BCUT2D eigenvalue weighted by molar-refractivity contribution is 0.0341. The van der Waals surface area contributed by atoms with Crippen LogP contribution in [0.1, 0.15) is 15.5 Å². The van der Waals surface area contributed by atoms with Crippen LogP contribution in [0.5, 0.6) is 0 Å². The van der Waals surface area contributed by atoms with Crippen LogP contribution in [-0.2, 0) is 11.3 Å². The summed E-state index contributed by atoms with van der Waals surface area (Å²) in [6.07, 6.45) is 0. The van der Waals surface area contributed by atoms with Crippen LogP contribution < -0.4 is 5.32 Å². The highest BCUT2D eigenvalue weighted by molar-refractivity contribution is 7.09. The van der Waals surface area contributed by atoms with Crippen molar-refractivity contribution in [2.45, 2.75) is 6.54 Å². The van der Waals surface area contributed by atoms with Crippen LogP contribution in [0.3, 0.4) is 0 Å². The van der Waals surface area contributed by atoms with E-state index in [0.717, 1.165) is 31.3 Å². The average molecular weight is 407 g/mol. The van der Waals surface area contributed by atoms with Crippen molar-refractivity contribution >= 4 is 57.7 Å². The van der Waals surface area contributed by atoms with Gasteiger partial charge in [-0.15, -0.1) is 11.3 Å². The molecule has 0 bridgehead atoms. The molecule has 0 spiro atoms. The van der Waals surface area contributed by atoms with Crippen LogP contribution in [-0.4, -0.2) is 42.1 Å². The fourth-order valence-corrected chi connectivity index (χ4v) is 4.00. The summed E-state index contributed by atoms with van der Waals surface area (Å²) in [6, 6.07) is 3.05. The zero-order chi connectivity index (χ0) is 17.1. The number of carbonyl (C=O) groups is 1. The van der Waals surface area contributed by atoms with Crippen LogP contribution >= 0.6 is 46.1 Å². The maximum absolute atomic E-state index is 12.4. The first-order chi connectivity index (χ1) is 11.5. The van der Waals surface area contributed by atoms with Gasteiger partial charge in [-0.25, -0.2) is 4.98 Å². The third-order valence-electron chi connectivity index (χ3n) is 3.49. The van der Waals surface area contributed by atoms with Crippen LogP contribution in [0.25, 0.3) is 0 Å². The lowest BCUT2D eigenvalue weighted by Gasteiger charge is -2.25. The molecule has 2 heterocycles. The highest BCUT2D eigenvalue weighted by Crippen LogP contribution is 2.34. The van der Waals surface area contributed by atoms with E-state index in [-0.39, 0.29) is 16.0 Å². The van der Waals surface area contributed by atoms with Gasteiger partial charge in [0, 0.05) is 23.5 Å². The Bertz CT molecular complexity index is 724. The SMILES string of the molecule is O=C(Nc1c(Cl)cc(Cl)cc1Cl)c1csc(CN2CCOCC2)n1. The van der Waals surface area contributed by atoms with E-state index in [4.69, 9.17) is 39.5 Å². The molecule has 128 valence electrons. The molecule has 1 aromatic heterocycles. The van der Waals surface area contributed by atoms with E-state index in [1.807, 2.05) is 0 Å². The number of anilines is 1. The predicted molar refractivity (Wildman–Crippen MR) is 97.6 cm³/mol. The molecule has 0 saturated carbocycles. The lowest BCUT2D eigenvalue weighted by Crippen LogP contribution is -2.35. The Kier molecular flexibility index (Phi) is 5.97. The van der Waals surface area contributed by atoms with Crippen molar-refractivity contribution in [3.8, 4) is 0 Å². The largest absolute Gasteiger partial charge is 0.379 e. The fourth-order valence-electron chi connectivity index (χ4n) is 2.28. The quantitative estimate of drug-likeness (QED) is 0.827. The molecule has 9 heteroatoms. The number of carbonyl (C=O) groups excluding carboxylic acids is 1. The van der Waals surface area contributed by atoms with Crippen molar-refractivity contribution in [1.29, 1.82) is 0 Å². The number of benzene rings is 1. The van der Waals surface area contributed by atoms with Crippen molar-refractivity contribution in [1.82, 2.24) is 9.88 Å². The summed E-state index contributed by atoms with van der Waals surface area (Å²) in [5.41, 5.74) is 0.667. The van der Waals surface area contributed by atoms with Gasteiger partial charge >= 0.3 is 0 Å². The van der Waals surface area contributed by atoms with Crippen molar-refractivity contribution in [3.63, 3.8) is 0 Å². The van der Waals surface area contributed by atoms with Crippen LogP contribution in [0.15, 0.2) is 17.5 Å². The van der Waals surface area contributed by atoms with Crippen molar-refractivity contribution in [2.24, 2.45) is 0 Å². The molecule has 0 aliphatic carbocycles. The van der Waals surface area contributed by atoms with Crippen LogP contribution in [0.4, 0.5) is 5.69 Å². The minimum Gasteiger partial charge on any atom is -0.379 e. The number of thiazole rings is 1. The van der Waals surface area contributed by atoms with Crippen molar-refractivity contribution in [2.75, 3.05) is 31.6 Å². The molecule has 1 amide bonds. The van der Waals surface area contributed by atoms with Gasteiger partial charge in [-0.3, -0.25) is 9.69 Å². The molecule has 24 heavy (non-hydrogen) atoms. The van der Waals surface area contributed by atoms with Crippen LogP contribution in [0.2, 0.25) is 15.1 Å². The monoisotopic (exact) mass is 405 g/mol. The van der Waals surface area contributed by atoms with E-state index in [1.54, 1.807) is 5.38 Å². The molecular weight excluding hydrogens is 393 g/mol. The maximum atomic E-state index is 12.4. The first-order valence-electron chi connectivity index (χ1n) is 7.23. The second-order valence-electron chi connectivity index (χ2n) is 5.21. The Morgan fingerprint density at radius 1 is 1.25 bits per heavy atom. The lowest BCUT2D eigenvalue weighted by atomic mass is 10.3. The molecule has 1 fully saturated rings. The molecule has 0 radical (unpaired) electrons. The smallest absolute Gasteiger partial charge is 0.275 e. The number of nitrogens with zero attached hydrogens (tertiary/aromatic N) is 2. The number of morpholine rings is 1. The van der Waals surface area contributed by atoms with Crippen molar-refractivity contribution in [3.05, 3.63) is 43.3 Å². The Morgan fingerprint density at radius 3 is 2.58 bits per heavy atom. The number of aromatic nitrogens is 1. The summed E-state index contributed by atoms with van der Waals surface area (Å²) in [4.78, 5) is 19.0. The van der Waals surface area contributed by atoms with E-state index in [0.29, 0.717) is 22.9 Å². The average Bonchev–Trinajstić information content (AvgIpc) is 3.00. The molecule has 1 aliphatic heterocycles. The van der Waals surface area contributed by atoms with Gasteiger partial charge in [0.15, 0.2) is 0 Å². The second kappa shape index (κ2) is 7.99. The summed E-state index contributed by atoms with van der Waals surface area (Å²) >= 11 is 19.5. The number of hydrogen-bond acceptors (Lipinski definition) is 5. The fraction of sp³-hybridized carbons (Fsp3) is 0.333. The molecule has 5 nitrogen and oxygen atoms in total. The summed E-state index contributed by atoms with van der Waals surface area (Å²) in [7, 11) is 0. The van der Waals surface area contributed by atoms with Crippen molar-refractivity contribution < 1.29 is 9.53 Å². The van der Waals surface area contributed by atoms with Gasteiger partial charge in [-0.1, -0.05) is 34.8 Å². The first-order valence-corrected chi connectivity index (χ1v) is 9.24. The van der Waals surface area contributed by atoms with E-state index >= 15 is 0 Å². The number of nitrogens with one attached hydrogen (secondary N) is 1. The molecule has 0 unspecified atom stereocenters. The topological polar surface area (TPSA) is 54.5 Å². The van der Waals surface area contributed by atoms with Crippen LogP contribution in [0, 0.1) is 0 Å². The van der Waals surface area contributed by atoms with Gasteiger partial charge in [0.25, 0.3) is 5.91 Å². The third-order valence-corrected chi connectivity index (χ3v) is 5.14. The Hall–Kier alpha value is -0.890. The van der Waals surface area contributed by atoms with Gasteiger partial charge in [0.2, 0.25) is 0 Å². The Morgan fingerprint density at radius 2 is 1.92 bits per heavy atom. The summed E-state index contributed by atoms with van der Waals surface area (Å²) in [5.74, 6) is -0.356. The predicted octanol–water partition coefficient (Wildman–Crippen LogP) is 4.19. The maximum Gasteiger partial charge on any atom is 0.275 e. The standard InChI is InChI=1S/C15H14Cl3N3O2S/c16-9-5-10(17)14(11(18)6-9)20-15(22)12-8-24-13(19-12)7-21-1-3-23-4-2-21/h5-6,8H,1-4,7H2,(H,20,22). The number of amides is 1. The van der Waals surface area contributed by atoms with E-state index in [9.17, 15) is 4.79 Å². The number of ether oxygens (including phenoxy) is 1. The van der Waals surface area contributed by atoms with Gasteiger partial charge in [-0.05, 0) is 12.1 Å². The molecule has 0 atom stereocenters. The van der Waals surface area contributed by atoms with Gasteiger partial charge in [0.05, 0.1) is 35.5 Å². The third kappa shape index (κ3) is 4.39. The normalized spacial score (nSPS) is 15.5. The van der Waals surface area contributed by atoms with Gasteiger partial charge in [0.1, 0.15) is 10.7 Å². The Labute approximate surface area is 158 Å². The summed E-state index contributed by atoms with van der Waals surface area (Å²) in [5, 5.41) is 6.27. The first kappa shape index (κ1) is 17.9. The number of halogens is 3. The zero-order valence-electron chi connectivity index (χ0n) is 12.5. The molecule has 1 aromatic carbocycles. The summed E-state index contributed by atoms with van der Waals surface area (Å²) < 4.78 is 5.32. The van der Waals surface area contributed by atoms with E-state index in [2.05, 4.69) is 15.2 Å². The van der Waals surface area contributed by atoms with E-state index < -0.39 is 0 Å². The zero-order valence-corrected chi connectivity index (χ0v) is 15.6. The minimum absolute atomic E-state index is 0.282. The minimum atomic E-state index is -0.356. The Balaban J connectivity index is 1.67. The van der Waals surface area contributed by atoms with Gasteiger partial charge in [-0.2, -0.15) is 0 Å². The highest BCUT2D eigenvalue weighted by atomic mass is 35.5. The summed E-state index contributed by atoms with van der Waals surface area (Å²) in [6.45, 7) is 3.91. The number of hydrogen-bond donors (Lipinski definition) is 1. The van der Waals surface area contributed by atoms with Gasteiger partial charge < -0.3 is 10.1 Å².